The van der Waals surface area contributed by atoms with Gasteiger partial charge < -0.3 is 65.5 Å². The second-order valence-corrected chi connectivity index (χ2v) is 36.4. The van der Waals surface area contributed by atoms with Gasteiger partial charge in [-0.25, -0.2) is 69.2 Å². The Bertz CT molecular complexity index is 6400. The summed E-state index contributed by atoms with van der Waals surface area (Å²) in [5.41, 5.74) is 51.9. The Hall–Kier alpha value is -15.3. The molecule has 18 aromatic rings. The van der Waals surface area contributed by atoms with Gasteiger partial charge in [0, 0.05) is 131 Å². The summed E-state index contributed by atoms with van der Waals surface area (Å²) < 4.78 is 19.7. The first-order valence-electron chi connectivity index (χ1n) is 46.4. The fourth-order valence-electron chi connectivity index (χ4n) is 13.8. The van der Waals surface area contributed by atoms with Gasteiger partial charge in [0.2, 0.25) is 11.8 Å². The zero-order valence-electron chi connectivity index (χ0n) is 85.0. The van der Waals surface area contributed by atoms with Crippen molar-refractivity contribution in [2.24, 2.45) is 5.92 Å². The van der Waals surface area contributed by atoms with Crippen molar-refractivity contribution in [3.05, 3.63) is 225 Å². The monoisotopic (exact) mass is 1880 g/mol. The summed E-state index contributed by atoms with van der Waals surface area (Å²) in [6.07, 6.45) is 31.4. The van der Waals surface area contributed by atoms with Crippen molar-refractivity contribution in [3.8, 4) is 0 Å². The molecule has 10 N–H and O–H groups in total. The van der Waals surface area contributed by atoms with Crippen LogP contribution in [0.3, 0.4) is 0 Å². The number of Topliss-reactive ketones (excluding diaryl/α,β-unsaturated/α-hetero) is 3. The van der Waals surface area contributed by atoms with Crippen molar-refractivity contribution in [1.29, 1.82) is 0 Å². The van der Waals surface area contributed by atoms with Gasteiger partial charge in [-0.05, 0) is 236 Å². The summed E-state index contributed by atoms with van der Waals surface area (Å²) in [5, 5.41) is 15.5. The molecular weight excluding hydrogens is 1740 g/mol. The van der Waals surface area contributed by atoms with E-state index < -0.39 is 0 Å². The molecule has 0 unspecified atom stereocenters. The van der Waals surface area contributed by atoms with Crippen LogP contribution in [0, 0.1) is 12.8 Å². The van der Waals surface area contributed by atoms with Crippen LogP contribution in [-0.4, -0.2) is 168 Å². The van der Waals surface area contributed by atoms with Gasteiger partial charge in [-0.1, -0.05) is 49.4 Å². The van der Waals surface area contributed by atoms with Crippen molar-refractivity contribution in [1.82, 2.24) is 136 Å². The number of benzene rings is 3. The molecule has 0 aliphatic heterocycles. The minimum absolute atomic E-state index is 0.0445. The van der Waals surface area contributed by atoms with Gasteiger partial charge >= 0.3 is 0 Å². The van der Waals surface area contributed by atoms with Gasteiger partial charge in [0.1, 0.15) is 45.1 Å². The smallest absolute Gasteiger partial charge is 0.226 e. The maximum atomic E-state index is 10.8. The number of nitrogen functional groups attached to an aromatic ring is 5. The largest absolute Gasteiger partial charge is 0.398 e. The van der Waals surface area contributed by atoms with E-state index in [2.05, 4.69) is 238 Å². The van der Waals surface area contributed by atoms with Gasteiger partial charge in [0.05, 0.1) is 119 Å². The lowest BCUT2D eigenvalue weighted by atomic mass is 10.0. The molecule has 0 atom stereocenters. The molecule has 37 nitrogen and oxygen atoms in total. The van der Waals surface area contributed by atoms with Crippen molar-refractivity contribution in [3.63, 3.8) is 0 Å². The normalized spacial score (nSPS) is 11.4. The van der Waals surface area contributed by atoms with Crippen LogP contribution >= 0.6 is 0 Å². The molecule has 37 heteroatoms. The van der Waals surface area contributed by atoms with Crippen molar-refractivity contribution >= 4 is 135 Å². The lowest BCUT2D eigenvalue weighted by molar-refractivity contribution is 0.0997. The number of aryl methyl sites for hydroxylation is 1. The molecule has 0 radical (unpaired) electrons. The number of nitrogens with zero attached hydrogens (tertiary/aromatic N) is 29. The summed E-state index contributed by atoms with van der Waals surface area (Å²) in [6, 6.07) is 31.0. The average Bonchev–Trinajstić information content (AvgIpc) is 1.68. The molecule has 0 bridgehead atoms. The Kier molecular flexibility index (Phi) is 37.6. The SMILES string of the molecule is CC(=O)c1cn(C(C)C)nn1.CC(=O)c1cnn(C(C)C)c1.CC(=O)c1ncn(C(C)C)n1.CC(C)C1=CCc2c(N)ccnc21.CC(C)n1cnc2c(N)cccc21.CC(C)n1cnc2c(N)cccc21.CC(C)n1cnc2c(N)ccnc21.CC(C)n1cnc2c(N)ccnc21.CC(C)n1cnc2ccccc21.CC(C)n1cnc2cnc(N(C)C)nc21.Cc1ccnc2c1ncn2C(C)C. The third kappa shape index (κ3) is 27.3. The summed E-state index contributed by atoms with van der Waals surface area (Å²) >= 11 is 0. The highest BCUT2D eigenvalue weighted by Gasteiger charge is 2.21. The Morgan fingerprint density at radius 2 is 0.783 bits per heavy atom. The highest BCUT2D eigenvalue weighted by atomic mass is 16.1. The minimum Gasteiger partial charge on any atom is -0.398 e. The van der Waals surface area contributed by atoms with Gasteiger partial charge in [0.15, 0.2) is 39.9 Å². The van der Waals surface area contributed by atoms with E-state index in [4.69, 9.17) is 28.7 Å². The number of para-hydroxylation sites is 4. The number of carbonyl (C=O) groups is 3. The van der Waals surface area contributed by atoms with E-state index >= 15 is 0 Å². The summed E-state index contributed by atoms with van der Waals surface area (Å²) in [5.74, 6) is 1.47. The van der Waals surface area contributed by atoms with E-state index in [1.54, 1.807) is 95.5 Å². The molecule has 0 amide bonds. The number of anilines is 6. The van der Waals surface area contributed by atoms with E-state index in [1.807, 2.05) is 179 Å². The van der Waals surface area contributed by atoms with E-state index in [0.717, 1.165) is 101 Å². The van der Waals surface area contributed by atoms with Crippen molar-refractivity contribution in [2.75, 3.05) is 47.7 Å². The van der Waals surface area contributed by atoms with Crippen LogP contribution in [-0.2, 0) is 6.42 Å². The Morgan fingerprint density at radius 3 is 1.22 bits per heavy atom. The first kappa shape index (κ1) is 106. The second kappa shape index (κ2) is 48.7. The van der Waals surface area contributed by atoms with Crippen LogP contribution < -0.4 is 33.6 Å². The molecule has 0 fully saturated rings. The van der Waals surface area contributed by atoms with Crippen LogP contribution in [0.5, 0.6) is 0 Å². The fraction of sp³-hybridized carbons (Fsp3) is 0.396. The number of hydrogen-bond acceptors (Lipinski definition) is 27. The summed E-state index contributed by atoms with van der Waals surface area (Å²) in [4.78, 5) is 93.8. The fourth-order valence-corrected chi connectivity index (χ4v) is 13.8. The molecule has 0 spiro atoms. The minimum atomic E-state index is -0.0931. The topological polar surface area (TPSA) is 466 Å². The lowest BCUT2D eigenvalue weighted by Crippen LogP contribution is -2.13. The Balaban J connectivity index is 0.000000170. The number of allylic oxidation sites excluding steroid dienone is 2. The maximum absolute atomic E-state index is 10.8. The number of pyridine rings is 4. The highest BCUT2D eigenvalue weighted by Crippen LogP contribution is 2.34. The number of fused-ring (bicyclic) bond motifs is 8. The van der Waals surface area contributed by atoms with Gasteiger partial charge in [-0.2, -0.15) is 10.1 Å². The molecule has 19 rings (SSSR count). The molecule has 3 aromatic carbocycles. The molecule has 0 saturated carbocycles. The molecule has 0 saturated heterocycles. The molecule has 15 heterocycles. The van der Waals surface area contributed by atoms with Crippen LogP contribution in [0.15, 0.2) is 191 Å². The van der Waals surface area contributed by atoms with Gasteiger partial charge in [0.25, 0.3) is 0 Å². The third-order valence-electron chi connectivity index (χ3n) is 21.8. The standard InChI is InChI=1S/C11H14N2.C10H15N5.3C10H13N3.C10H12N2.2C9H12N4.C8H12N2O.2C7H11N3O/c1-7(2)8-3-4-9-10(12)5-6-13-11(8)9;1-7(2)15-6-12-8-5-11-10(14(3)4)13-9(8)15;1-7(2)13-6-12-9-8(3)4-5-11-10(9)13;2*1-7(2)13-6-12-10-8(11)4-3-5-9(10)13;1-8(2)12-7-11-9-5-3-4-6-10(9)12;2*1-6(2)13-5-12-8-7(10)3-4-11-9(8)13;1-6(2)10-5-8(4-9-10)7(3)11;1-5(2)10-4-8-7(9-10)6(3)11;1-5(2)10-4-7(6(3)11)8-9-10/h3,5-7H,4H2,1-2H3,(H2,12,13);5-7H,1-4H3;4-7H,1-3H3;2*3-7H,11H2,1-2H3;3-8H,1-2H3;2*3-6H,1-2H3,(H2,10,11);4-6H,1-3H3;2*4-5H,1-3H3. The predicted octanol–water partition coefficient (Wildman–Crippen LogP) is 20.0. The first-order valence-corrected chi connectivity index (χ1v) is 46.4. The summed E-state index contributed by atoms with van der Waals surface area (Å²) in [6.45, 7) is 52.6. The molecule has 730 valence electrons. The van der Waals surface area contributed by atoms with Crippen molar-refractivity contribution in [2.45, 2.75) is 247 Å². The predicted molar refractivity (Wildman–Crippen MR) is 555 cm³/mol. The molecule has 15 aromatic heterocycles. The van der Waals surface area contributed by atoms with Crippen molar-refractivity contribution < 1.29 is 14.4 Å². The molecule has 138 heavy (non-hydrogen) atoms. The van der Waals surface area contributed by atoms with Gasteiger partial charge in [-0.3, -0.25) is 24.0 Å². The van der Waals surface area contributed by atoms with E-state index in [0.29, 0.717) is 88.7 Å². The number of rotatable bonds is 15. The number of hydrogen-bond donors (Lipinski definition) is 5. The molecule has 1 aliphatic carbocycles. The number of nitrogens with two attached hydrogens (primary N) is 5. The number of imidazole rings is 7. The quantitative estimate of drug-likeness (QED) is 0.0470. The lowest BCUT2D eigenvalue weighted by Gasteiger charge is -2.11. The Labute approximate surface area is 807 Å². The van der Waals surface area contributed by atoms with Crippen LogP contribution in [0.2, 0.25) is 0 Å². The zero-order valence-corrected chi connectivity index (χ0v) is 85.0. The number of carbonyl (C=O) groups excluding carboxylic acids is 3. The molecule has 1 aliphatic rings. The van der Waals surface area contributed by atoms with E-state index in [9.17, 15) is 14.4 Å². The number of ketones is 3. The number of aromatic nitrogens is 28. The van der Waals surface area contributed by atoms with E-state index in [-0.39, 0.29) is 29.4 Å². The van der Waals surface area contributed by atoms with Crippen LogP contribution in [0.4, 0.5) is 34.4 Å². The zero-order chi connectivity index (χ0) is 101. The third-order valence-corrected chi connectivity index (χ3v) is 21.8. The highest BCUT2D eigenvalue weighted by molar-refractivity contribution is 5.94. The maximum Gasteiger partial charge on any atom is 0.226 e. The first-order chi connectivity index (χ1) is 65.4. The van der Waals surface area contributed by atoms with Crippen LogP contribution in [0.1, 0.15) is 282 Å². The summed E-state index contributed by atoms with van der Waals surface area (Å²) in [7, 11) is 3.86. The van der Waals surface area contributed by atoms with Crippen LogP contribution in [0.25, 0.3) is 83.3 Å². The molecular formula is C101H138N34O3. The second-order valence-electron chi connectivity index (χ2n) is 36.4. The Morgan fingerprint density at radius 1 is 0.362 bits per heavy atom. The van der Waals surface area contributed by atoms with E-state index in [1.165, 1.54) is 36.1 Å². The average molecular weight is 1880 g/mol. The van der Waals surface area contributed by atoms with Gasteiger partial charge in [-0.15, -0.1) is 10.2 Å².